The fraction of sp³-hybridized carbons (Fsp3) is 0.0370. The molecule has 0 saturated carbocycles. The minimum atomic E-state index is -0.535. The summed E-state index contributed by atoms with van der Waals surface area (Å²) in [5, 5.41) is 11.7. The number of amidine groups is 2. The zero-order chi connectivity index (χ0) is 39.5. The second kappa shape index (κ2) is 12.7. The number of nitrogens with zero attached hydrogens (tertiary/aromatic N) is 4. The van der Waals surface area contributed by atoms with E-state index in [0.29, 0.717) is 5.84 Å². The predicted octanol–water partition coefficient (Wildman–Crippen LogP) is 14.2. The Morgan fingerprint density at radius 2 is 1.20 bits per heavy atom. The van der Waals surface area contributed by atoms with Crippen molar-refractivity contribution in [3.63, 3.8) is 0 Å². The van der Waals surface area contributed by atoms with Gasteiger partial charge in [0.1, 0.15) is 17.0 Å². The van der Waals surface area contributed by atoms with Crippen LogP contribution in [-0.2, 0) is 0 Å². The third-order valence-electron chi connectivity index (χ3n) is 12.4. The molecule has 12 aromatic rings. The molecule has 0 aliphatic carbocycles. The molecule has 0 bridgehead atoms. The Bertz CT molecular complexity index is 3810. The maximum atomic E-state index is 7.18. The molecule has 0 spiro atoms. The summed E-state index contributed by atoms with van der Waals surface area (Å²) in [6.45, 7) is 0. The Morgan fingerprint density at radius 1 is 0.533 bits per heavy atom. The molecular weight excluding hydrogens is 753 g/mol. The van der Waals surface area contributed by atoms with Crippen LogP contribution in [0.4, 0.5) is 0 Å². The number of fused-ring (bicyclic) bond motifs is 12. The number of para-hydroxylation sites is 2. The molecule has 1 atom stereocenters. The van der Waals surface area contributed by atoms with Gasteiger partial charge in [-0.15, -0.1) is 11.3 Å². The van der Waals surface area contributed by atoms with E-state index in [1.807, 2.05) is 17.4 Å². The van der Waals surface area contributed by atoms with E-state index in [2.05, 4.69) is 192 Å². The van der Waals surface area contributed by atoms with Crippen LogP contribution in [-0.4, -0.2) is 28.2 Å². The highest BCUT2D eigenvalue weighted by atomic mass is 32.1. The third kappa shape index (κ3) is 4.74. The highest BCUT2D eigenvalue weighted by Gasteiger charge is 2.35. The lowest BCUT2D eigenvalue weighted by Gasteiger charge is -2.34. The molecule has 6 heteroatoms. The van der Waals surface area contributed by atoms with E-state index >= 15 is 0 Å². The Morgan fingerprint density at radius 3 is 2.05 bits per heavy atom. The fourth-order valence-corrected chi connectivity index (χ4v) is 10.9. The van der Waals surface area contributed by atoms with E-state index in [9.17, 15) is 0 Å². The summed E-state index contributed by atoms with van der Waals surface area (Å²) >= 11 is 1.82. The first-order valence-corrected chi connectivity index (χ1v) is 21.1. The van der Waals surface area contributed by atoms with E-state index < -0.39 is 6.17 Å². The van der Waals surface area contributed by atoms with Crippen molar-refractivity contribution in [1.82, 2.24) is 9.47 Å². The number of aromatic nitrogens is 1. The molecule has 0 N–H and O–H groups in total. The molecule has 0 fully saturated rings. The molecule has 5 nitrogen and oxygen atoms in total. The molecule has 282 valence electrons. The average Bonchev–Trinajstić information content (AvgIpc) is 3.98. The van der Waals surface area contributed by atoms with Crippen molar-refractivity contribution in [2.45, 2.75) is 6.17 Å². The SMILES string of the molecule is CN1C(c2cccc3sc4ccccc4c23)=NC(c2ccccc2)=NC1c1c(-n2c3ccccc3c3cc4ccccc4cc32)c2ccccc2c2c1oc1ccccc12. The van der Waals surface area contributed by atoms with Crippen molar-refractivity contribution in [3.05, 3.63) is 199 Å². The quantitative estimate of drug-likeness (QED) is 0.178. The normalized spacial score (nSPS) is 14.8. The fourth-order valence-electron chi connectivity index (χ4n) is 9.76. The third-order valence-corrected chi connectivity index (χ3v) is 13.5. The molecule has 1 aliphatic rings. The zero-order valence-corrected chi connectivity index (χ0v) is 33.3. The number of furan rings is 1. The number of hydrogen-bond donors (Lipinski definition) is 0. The number of benzene rings is 9. The van der Waals surface area contributed by atoms with Gasteiger partial charge in [-0.1, -0.05) is 146 Å². The van der Waals surface area contributed by atoms with Crippen molar-refractivity contribution in [2.24, 2.45) is 9.98 Å². The number of aliphatic imine (C=N–C) groups is 2. The van der Waals surface area contributed by atoms with Crippen molar-refractivity contribution in [1.29, 1.82) is 0 Å². The smallest absolute Gasteiger partial charge is 0.159 e. The van der Waals surface area contributed by atoms with Gasteiger partial charge in [-0.3, -0.25) is 0 Å². The standard InChI is InChI=1S/C54H34N4OS/c1-57-53(40-25-15-29-46-47(40)39-24-11-14-28-45(39)60-46)55-52(32-16-3-2-4-17-32)56-54(57)49-50(37-22-8-7-21-36(37)48-38-23-10-13-27-44(38)59-51(48)49)58-42-26-12-9-20-35(42)41-30-33-18-5-6-19-34(33)31-43(41)58/h2-31,54H,1H3. The van der Waals surface area contributed by atoms with Crippen molar-refractivity contribution < 1.29 is 4.42 Å². The lowest BCUT2D eigenvalue weighted by atomic mass is 9.94. The number of rotatable bonds is 4. The van der Waals surface area contributed by atoms with Gasteiger partial charge in [0.2, 0.25) is 0 Å². The zero-order valence-electron chi connectivity index (χ0n) is 32.5. The van der Waals surface area contributed by atoms with Crippen molar-refractivity contribution in [3.8, 4) is 5.69 Å². The van der Waals surface area contributed by atoms with Crippen LogP contribution in [0.5, 0.6) is 0 Å². The summed E-state index contributed by atoms with van der Waals surface area (Å²) < 4.78 is 12.1. The molecule has 9 aromatic carbocycles. The summed E-state index contributed by atoms with van der Waals surface area (Å²) in [4.78, 5) is 13.5. The van der Waals surface area contributed by atoms with Gasteiger partial charge in [0.15, 0.2) is 12.0 Å². The number of hydrogen-bond acceptors (Lipinski definition) is 5. The molecule has 1 unspecified atom stereocenters. The van der Waals surface area contributed by atoms with Crippen LogP contribution in [0.1, 0.15) is 22.9 Å². The van der Waals surface area contributed by atoms with Gasteiger partial charge >= 0.3 is 0 Å². The van der Waals surface area contributed by atoms with Gasteiger partial charge in [0.25, 0.3) is 0 Å². The summed E-state index contributed by atoms with van der Waals surface area (Å²) in [6, 6.07) is 65.1. The topological polar surface area (TPSA) is 46.0 Å². The average molecular weight is 787 g/mol. The van der Waals surface area contributed by atoms with E-state index in [4.69, 9.17) is 14.4 Å². The molecule has 0 amide bonds. The summed E-state index contributed by atoms with van der Waals surface area (Å²) in [5.41, 5.74) is 8.00. The van der Waals surface area contributed by atoms with E-state index in [-0.39, 0.29) is 0 Å². The molecule has 0 radical (unpaired) electrons. The molecule has 3 aromatic heterocycles. The maximum absolute atomic E-state index is 7.18. The first-order valence-electron chi connectivity index (χ1n) is 20.3. The van der Waals surface area contributed by atoms with Crippen LogP contribution in [0.3, 0.4) is 0 Å². The van der Waals surface area contributed by atoms with Gasteiger partial charge in [0.05, 0.1) is 22.3 Å². The first-order chi connectivity index (χ1) is 29.7. The van der Waals surface area contributed by atoms with E-state index in [0.717, 1.165) is 72.0 Å². The monoisotopic (exact) mass is 786 g/mol. The van der Waals surface area contributed by atoms with Crippen LogP contribution in [0.2, 0.25) is 0 Å². The van der Waals surface area contributed by atoms with Crippen LogP contribution in [0, 0.1) is 0 Å². The van der Waals surface area contributed by atoms with Gasteiger partial charge in [0, 0.05) is 65.3 Å². The minimum absolute atomic E-state index is 0.535. The lowest BCUT2D eigenvalue weighted by Crippen LogP contribution is -2.36. The summed E-state index contributed by atoms with van der Waals surface area (Å²) in [6.07, 6.45) is -0.535. The van der Waals surface area contributed by atoms with Crippen LogP contribution < -0.4 is 0 Å². The molecular formula is C54H34N4OS. The Kier molecular flexibility index (Phi) is 7.09. The molecule has 1 aliphatic heterocycles. The minimum Gasteiger partial charge on any atom is -0.456 e. The van der Waals surface area contributed by atoms with Crippen LogP contribution in [0.15, 0.2) is 196 Å². The predicted molar refractivity (Wildman–Crippen MR) is 252 cm³/mol. The number of thiophene rings is 1. The Balaban J connectivity index is 1.20. The second-order valence-electron chi connectivity index (χ2n) is 15.7. The van der Waals surface area contributed by atoms with Gasteiger partial charge in [-0.05, 0) is 52.6 Å². The van der Waals surface area contributed by atoms with E-state index in [1.165, 1.54) is 41.7 Å². The maximum Gasteiger partial charge on any atom is 0.159 e. The van der Waals surface area contributed by atoms with Crippen LogP contribution >= 0.6 is 11.3 Å². The first kappa shape index (κ1) is 33.4. The lowest BCUT2D eigenvalue weighted by molar-refractivity contribution is 0.382. The Hall–Kier alpha value is -7.54. The van der Waals surface area contributed by atoms with Gasteiger partial charge in [-0.25, -0.2) is 9.98 Å². The molecule has 0 saturated heterocycles. The molecule has 4 heterocycles. The van der Waals surface area contributed by atoms with E-state index in [1.54, 1.807) is 0 Å². The largest absolute Gasteiger partial charge is 0.456 e. The van der Waals surface area contributed by atoms with Gasteiger partial charge in [-0.2, -0.15) is 0 Å². The summed E-state index contributed by atoms with van der Waals surface area (Å²) in [5.74, 6) is 1.54. The second-order valence-corrected chi connectivity index (χ2v) is 16.8. The molecule has 60 heavy (non-hydrogen) atoms. The van der Waals surface area contributed by atoms with Crippen molar-refractivity contribution in [2.75, 3.05) is 7.05 Å². The highest BCUT2D eigenvalue weighted by Crippen LogP contribution is 2.48. The Labute approximate surface area is 348 Å². The van der Waals surface area contributed by atoms with Gasteiger partial charge < -0.3 is 13.9 Å². The van der Waals surface area contributed by atoms with Crippen molar-refractivity contribution >= 4 is 108 Å². The van der Waals surface area contributed by atoms with Crippen LogP contribution in [0.25, 0.3) is 91.1 Å². The molecule has 13 rings (SSSR count). The summed E-state index contributed by atoms with van der Waals surface area (Å²) in [7, 11) is 2.15. The highest BCUT2D eigenvalue weighted by molar-refractivity contribution is 7.25.